The van der Waals surface area contributed by atoms with E-state index in [0.717, 1.165) is 16.1 Å². The third-order valence-electron chi connectivity index (χ3n) is 2.67. The van der Waals surface area contributed by atoms with Gasteiger partial charge in [-0.1, -0.05) is 6.07 Å². The molecule has 2 rings (SSSR count). The molecule has 1 aromatic heterocycles. The number of anilines is 1. The smallest absolute Gasteiger partial charge is 0.239 e. The second kappa shape index (κ2) is 6.33. The van der Waals surface area contributed by atoms with E-state index in [1.807, 2.05) is 17.5 Å². The van der Waals surface area contributed by atoms with Gasteiger partial charge in [0.25, 0.3) is 0 Å². The number of carbonyl (C=O) groups excluding carboxylic acids is 1. The molecule has 19 heavy (non-hydrogen) atoms. The molecule has 0 aliphatic heterocycles. The Morgan fingerprint density at radius 1 is 1.37 bits per heavy atom. The molecular weight excluding hydrogens is 263 g/mol. The first-order valence-electron chi connectivity index (χ1n) is 5.94. The molecule has 100 valence electrons. The lowest BCUT2D eigenvalue weighted by Gasteiger charge is -2.09. The van der Waals surface area contributed by atoms with Gasteiger partial charge in [-0.15, -0.1) is 11.3 Å². The number of hydrogen-bond donors (Lipinski definition) is 2. The standard InChI is InChI=1S/C14H15FN2OS/c1-10-7-11(15)4-5-13(10)16-9-14(18)17-8-12-3-2-6-19-12/h2-7,16H,8-9H2,1H3,(H,17,18). The zero-order valence-electron chi connectivity index (χ0n) is 10.6. The van der Waals surface area contributed by atoms with Crippen molar-refractivity contribution in [3.63, 3.8) is 0 Å². The topological polar surface area (TPSA) is 41.1 Å². The number of aryl methyl sites for hydroxylation is 1. The van der Waals surface area contributed by atoms with E-state index in [9.17, 15) is 9.18 Å². The molecule has 0 spiro atoms. The lowest BCUT2D eigenvalue weighted by Crippen LogP contribution is -2.29. The molecule has 0 bridgehead atoms. The van der Waals surface area contributed by atoms with E-state index < -0.39 is 0 Å². The van der Waals surface area contributed by atoms with Gasteiger partial charge in [-0.05, 0) is 42.1 Å². The van der Waals surface area contributed by atoms with Gasteiger partial charge in [0.05, 0.1) is 13.1 Å². The Morgan fingerprint density at radius 2 is 2.21 bits per heavy atom. The number of rotatable bonds is 5. The summed E-state index contributed by atoms with van der Waals surface area (Å²) in [5.41, 5.74) is 1.55. The van der Waals surface area contributed by atoms with Gasteiger partial charge in [0, 0.05) is 10.6 Å². The van der Waals surface area contributed by atoms with Crippen LogP contribution < -0.4 is 10.6 Å². The highest BCUT2D eigenvalue weighted by Gasteiger charge is 2.04. The van der Waals surface area contributed by atoms with E-state index in [0.29, 0.717) is 6.54 Å². The first kappa shape index (κ1) is 13.5. The fourth-order valence-corrected chi connectivity index (χ4v) is 2.31. The minimum absolute atomic E-state index is 0.0860. The average molecular weight is 278 g/mol. The predicted molar refractivity (Wildman–Crippen MR) is 75.8 cm³/mol. The minimum Gasteiger partial charge on any atom is -0.376 e. The Kier molecular flexibility index (Phi) is 4.52. The quantitative estimate of drug-likeness (QED) is 0.883. The average Bonchev–Trinajstić information content (AvgIpc) is 2.88. The molecule has 1 aromatic carbocycles. The van der Waals surface area contributed by atoms with Crippen LogP contribution in [0.3, 0.4) is 0 Å². The first-order valence-corrected chi connectivity index (χ1v) is 6.82. The SMILES string of the molecule is Cc1cc(F)ccc1NCC(=O)NCc1cccs1. The molecule has 0 saturated carbocycles. The third kappa shape index (κ3) is 4.06. The number of halogens is 1. The largest absolute Gasteiger partial charge is 0.376 e. The Balaban J connectivity index is 1.80. The highest BCUT2D eigenvalue weighted by Crippen LogP contribution is 2.15. The summed E-state index contributed by atoms with van der Waals surface area (Å²) in [6.45, 7) is 2.52. The fourth-order valence-electron chi connectivity index (χ4n) is 1.66. The van der Waals surface area contributed by atoms with Crippen LogP contribution in [-0.4, -0.2) is 12.5 Å². The van der Waals surface area contributed by atoms with Crippen LogP contribution in [0.5, 0.6) is 0 Å². The van der Waals surface area contributed by atoms with Gasteiger partial charge >= 0.3 is 0 Å². The molecule has 2 N–H and O–H groups in total. The summed E-state index contributed by atoms with van der Waals surface area (Å²) in [5, 5.41) is 7.79. The zero-order chi connectivity index (χ0) is 13.7. The van der Waals surface area contributed by atoms with Crippen molar-refractivity contribution in [1.82, 2.24) is 5.32 Å². The number of thiophene rings is 1. The maximum absolute atomic E-state index is 12.9. The lowest BCUT2D eigenvalue weighted by atomic mass is 10.2. The molecule has 0 radical (unpaired) electrons. The van der Waals surface area contributed by atoms with Crippen molar-refractivity contribution in [2.45, 2.75) is 13.5 Å². The van der Waals surface area contributed by atoms with Gasteiger partial charge in [0.2, 0.25) is 5.91 Å². The molecule has 1 amide bonds. The van der Waals surface area contributed by atoms with Crippen molar-refractivity contribution >= 4 is 22.9 Å². The van der Waals surface area contributed by atoms with E-state index in [1.165, 1.54) is 12.1 Å². The normalized spacial score (nSPS) is 10.2. The summed E-state index contributed by atoms with van der Waals surface area (Å²) in [6, 6.07) is 8.37. The van der Waals surface area contributed by atoms with E-state index in [-0.39, 0.29) is 18.3 Å². The van der Waals surface area contributed by atoms with Gasteiger partial charge < -0.3 is 10.6 Å². The van der Waals surface area contributed by atoms with Crippen LogP contribution in [0.2, 0.25) is 0 Å². The van der Waals surface area contributed by atoms with E-state index in [4.69, 9.17) is 0 Å². The highest BCUT2D eigenvalue weighted by molar-refractivity contribution is 7.09. The lowest BCUT2D eigenvalue weighted by molar-refractivity contribution is -0.119. The number of nitrogens with one attached hydrogen (secondary N) is 2. The molecule has 0 atom stereocenters. The number of hydrogen-bond acceptors (Lipinski definition) is 3. The van der Waals surface area contributed by atoms with Crippen LogP contribution >= 0.6 is 11.3 Å². The van der Waals surface area contributed by atoms with Crippen LogP contribution in [-0.2, 0) is 11.3 Å². The zero-order valence-corrected chi connectivity index (χ0v) is 11.4. The summed E-state index contributed by atoms with van der Waals surface area (Å²) in [6.07, 6.45) is 0. The minimum atomic E-state index is -0.273. The highest BCUT2D eigenvalue weighted by atomic mass is 32.1. The molecule has 0 fully saturated rings. The van der Waals surface area contributed by atoms with Crippen LogP contribution in [0.1, 0.15) is 10.4 Å². The summed E-state index contributed by atoms with van der Waals surface area (Å²) in [7, 11) is 0. The van der Waals surface area contributed by atoms with Crippen molar-refractivity contribution in [2.24, 2.45) is 0 Å². The number of carbonyl (C=O) groups is 1. The second-order valence-electron chi connectivity index (χ2n) is 4.17. The summed E-state index contributed by atoms with van der Waals surface area (Å²) < 4.78 is 12.9. The summed E-state index contributed by atoms with van der Waals surface area (Å²) in [5.74, 6) is -0.359. The van der Waals surface area contributed by atoms with Gasteiger partial charge in [-0.25, -0.2) is 4.39 Å². The second-order valence-corrected chi connectivity index (χ2v) is 5.20. The van der Waals surface area contributed by atoms with Crippen molar-refractivity contribution in [2.75, 3.05) is 11.9 Å². The van der Waals surface area contributed by atoms with Crippen molar-refractivity contribution in [1.29, 1.82) is 0 Å². The van der Waals surface area contributed by atoms with E-state index in [2.05, 4.69) is 10.6 Å². The van der Waals surface area contributed by atoms with Gasteiger partial charge in [0.1, 0.15) is 5.82 Å². The van der Waals surface area contributed by atoms with Crippen molar-refractivity contribution < 1.29 is 9.18 Å². The molecule has 0 saturated heterocycles. The fraction of sp³-hybridized carbons (Fsp3) is 0.214. The number of amides is 1. The maximum atomic E-state index is 12.9. The van der Waals surface area contributed by atoms with E-state index >= 15 is 0 Å². The molecule has 0 aliphatic carbocycles. The van der Waals surface area contributed by atoms with Gasteiger partial charge in [-0.3, -0.25) is 4.79 Å². The van der Waals surface area contributed by atoms with Gasteiger partial charge in [-0.2, -0.15) is 0 Å². The Hall–Kier alpha value is -1.88. The Morgan fingerprint density at radius 3 is 2.89 bits per heavy atom. The molecular formula is C14H15FN2OS. The molecule has 5 heteroatoms. The Labute approximate surface area is 115 Å². The molecule has 0 aliphatic rings. The Bertz CT molecular complexity index is 555. The van der Waals surface area contributed by atoms with Crippen LogP contribution in [0, 0.1) is 12.7 Å². The first-order chi connectivity index (χ1) is 9.15. The monoisotopic (exact) mass is 278 g/mol. The summed E-state index contributed by atoms with van der Waals surface area (Å²) >= 11 is 1.61. The molecule has 0 unspecified atom stereocenters. The molecule has 1 heterocycles. The predicted octanol–water partition coefficient (Wildman–Crippen LogP) is 2.92. The molecule has 2 aromatic rings. The van der Waals surface area contributed by atoms with Crippen LogP contribution in [0.15, 0.2) is 35.7 Å². The van der Waals surface area contributed by atoms with Gasteiger partial charge in [0.15, 0.2) is 0 Å². The summed E-state index contributed by atoms with van der Waals surface area (Å²) in [4.78, 5) is 12.8. The van der Waals surface area contributed by atoms with Crippen molar-refractivity contribution in [3.8, 4) is 0 Å². The molecule has 3 nitrogen and oxygen atoms in total. The van der Waals surface area contributed by atoms with E-state index in [1.54, 1.807) is 24.3 Å². The third-order valence-corrected chi connectivity index (χ3v) is 3.54. The van der Waals surface area contributed by atoms with Crippen LogP contribution in [0.25, 0.3) is 0 Å². The number of benzene rings is 1. The maximum Gasteiger partial charge on any atom is 0.239 e. The van der Waals surface area contributed by atoms with Crippen molar-refractivity contribution in [3.05, 3.63) is 52.0 Å². The van der Waals surface area contributed by atoms with Crippen LogP contribution in [0.4, 0.5) is 10.1 Å².